The standard InChI is InChI=1S/C42H67N3O8S/c1-9-35-32(25-54-36-16-12-13-18-43-36)14-10-11-15-33(46)28(4)21-31(17-19-45-23-26(2)20-27(3)24-45)41(29(5)34(47)22-37(48)52-35)53-42-40(50)38(44(7)8)39(49)30(6)51-42/h10-16,18,26-32,34-35,38-42,47,49-50H,9,17,19-25H2,1-8H3/b14-10+,15-11+/t26?,27?,28-,29+,30?,31+,32-,34-,35-,38?,39?,40?,41-,42?/m1/s1. The third-order valence-corrected chi connectivity index (χ3v) is 12.6. The zero-order valence-corrected chi connectivity index (χ0v) is 34.5. The number of carbonyl (C=O) groups excluding carboxylic acids is 2. The van der Waals surface area contributed by atoms with Crippen LogP contribution in [0, 0.1) is 35.5 Å². The molecule has 0 bridgehead atoms. The number of hydrogen-bond acceptors (Lipinski definition) is 12. The predicted molar refractivity (Wildman–Crippen MR) is 212 cm³/mol. The second-order valence-corrected chi connectivity index (χ2v) is 17.5. The zero-order chi connectivity index (χ0) is 39.5. The van der Waals surface area contributed by atoms with Gasteiger partial charge in [-0.25, -0.2) is 4.98 Å². The molecular weight excluding hydrogens is 707 g/mol. The van der Waals surface area contributed by atoms with Crippen molar-refractivity contribution in [2.45, 2.75) is 128 Å². The van der Waals surface area contributed by atoms with Crippen molar-refractivity contribution >= 4 is 23.5 Å². The number of aliphatic hydroxyl groups is 3. The number of aliphatic hydroxyl groups excluding tert-OH is 3. The normalized spacial score (nSPS) is 39.3. The van der Waals surface area contributed by atoms with E-state index in [1.807, 2.05) is 51.1 Å². The van der Waals surface area contributed by atoms with E-state index in [-0.39, 0.29) is 30.0 Å². The van der Waals surface area contributed by atoms with E-state index >= 15 is 0 Å². The van der Waals surface area contributed by atoms with Crippen molar-refractivity contribution in [3.05, 3.63) is 48.7 Å². The van der Waals surface area contributed by atoms with Crippen LogP contribution < -0.4 is 0 Å². The van der Waals surface area contributed by atoms with E-state index in [1.54, 1.807) is 56.0 Å². The Morgan fingerprint density at radius 1 is 1.00 bits per heavy atom. The van der Waals surface area contributed by atoms with Crippen molar-refractivity contribution in [1.29, 1.82) is 0 Å². The van der Waals surface area contributed by atoms with Gasteiger partial charge in [-0.2, -0.15) is 0 Å². The van der Waals surface area contributed by atoms with E-state index in [4.69, 9.17) is 14.2 Å². The van der Waals surface area contributed by atoms with Gasteiger partial charge in [0.15, 0.2) is 12.1 Å². The Kier molecular flexibility index (Phi) is 17.6. The summed E-state index contributed by atoms with van der Waals surface area (Å²) in [5.41, 5.74) is 0. The Balaban J connectivity index is 1.67. The number of rotatable bonds is 10. The lowest BCUT2D eigenvalue weighted by Gasteiger charge is -2.47. The first-order valence-electron chi connectivity index (χ1n) is 20.0. The molecule has 14 atom stereocenters. The fourth-order valence-corrected chi connectivity index (χ4v) is 9.55. The molecule has 304 valence electrons. The fourth-order valence-electron chi connectivity index (χ4n) is 8.55. The van der Waals surface area contributed by atoms with Crippen LogP contribution in [0.3, 0.4) is 0 Å². The van der Waals surface area contributed by atoms with Gasteiger partial charge < -0.3 is 39.3 Å². The number of carbonyl (C=O) groups is 2. The molecule has 2 saturated heterocycles. The first-order chi connectivity index (χ1) is 25.7. The van der Waals surface area contributed by atoms with E-state index in [0.29, 0.717) is 36.9 Å². The van der Waals surface area contributed by atoms with Crippen LogP contribution in [0.1, 0.15) is 73.6 Å². The summed E-state index contributed by atoms with van der Waals surface area (Å²) >= 11 is 1.57. The SMILES string of the molecule is CC[C@H]1OC(=O)C[C@@H](O)[C@H](C)[C@@H](OC2OC(C)C(O)C(N(C)C)C2O)[C@@H](CCN2CC(C)CC(C)C2)C[C@@H](C)C(=O)/C=C/C=C/[C@@H]1CSc1ccccn1. The van der Waals surface area contributed by atoms with Crippen molar-refractivity contribution in [3.63, 3.8) is 0 Å². The van der Waals surface area contributed by atoms with Gasteiger partial charge in [0.2, 0.25) is 0 Å². The number of ketones is 1. The fraction of sp³-hybridized carbons (Fsp3) is 0.738. The summed E-state index contributed by atoms with van der Waals surface area (Å²) in [6, 6.07) is 5.09. The minimum absolute atomic E-state index is 0.0137. The molecule has 3 N–H and O–H groups in total. The monoisotopic (exact) mass is 773 g/mol. The van der Waals surface area contributed by atoms with Crippen LogP contribution >= 0.6 is 11.8 Å². The van der Waals surface area contributed by atoms with Crippen LogP contribution in [0.5, 0.6) is 0 Å². The Bertz CT molecular complexity index is 1360. The largest absolute Gasteiger partial charge is 0.462 e. The van der Waals surface area contributed by atoms with Gasteiger partial charge in [0.05, 0.1) is 41.9 Å². The van der Waals surface area contributed by atoms with Gasteiger partial charge >= 0.3 is 5.97 Å². The molecule has 0 radical (unpaired) electrons. The molecular formula is C42H67N3O8S. The number of nitrogens with zero attached hydrogens (tertiary/aromatic N) is 3. The van der Waals surface area contributed by atoms with Gasteiger partial charge in [-0.05, 0) is 89.2 Å². The number of pyridine rings is 1. The molecule has 0 aromatic carbocycles. The van der Waals surface area contributed by atoms with Gasteiger partial charge in [-0.15, -0.1) is 11.8 Å². The van der Waals surface area contributed by atoms with Crippen molar-refractivity contribution in [2.24, 2.45) is 35.5 Å². The minimum atomic E-state index is -1.19. The number of aromatic nitrogens is 1. The summed E-state index contributed by atoms with van der Waals surface area (Å²) in [4.78, 5) is 36.0. The molecule has 0 amide bonds. The molecule has 3 aliphatic rings. The molecule has 7 unspecified atom stereocenters. The number of cyclic esters (lactones) is 1. The van der Waals surface area contributed by atoms with Crippen molar-refractivity contribution in [3.8, 4) is 0 Å². The topological polar surface area (TPSA) is 142 Å². The molecule has 1 aromatic heterocycles. The summed E-state index contributed by atoms with van der Waals surface area (Å²) in [5, 5.41) is 35.2. The molecule has 3 aliphatic heterocycles. The third kappa shape index (κ3) is 12.7. The summed E-state index contributed by atoms with van der Waals surface area (Å²) in [7, 11) is 3.59. The molecule has 11 nitrogen and oxygen atoms in total. The molecule has 4 rings (SSSR count). The van der Waals surface area contributed by atoms with Gasteiger partial charge in [0.1, 0.15) is 12.2 Å². The highest BCUT2D eigenvalue weighted by atomic mass is 32.2. The quantitative estimate of drug-likeness (QED) is 0.218. The molecule has 54 heavy (non-hydrogen) atoms. The summed E-state index contributed by atoms with van der Waals surface area (Å²) in [6.07, 6.45) is 5.45. The second kappa shape index (κ2) is 21.4. The molecule has 12 heteroatoms. The zero-order valence-electron chi connectivity index (χ0n) is 33.7. The van der Waals surface area contributed by atoms with E-state index in [1.165, 1.54) is 6.42 Å². The summed E-state index contributed by atoms with van der Waals surface area (Å²) < 4.78 is 19.0. The lowest BCUT2D eigenvalue weighted by Crippen LogP contribution is -2.63. The van der Waals surface area contributed by atoms with Crippen molar-refractivity contribution in [2.75, 3.05) is 39.5 Å². The Morgan fingerprint density at radius 3 is 2.37 bits per heavy atom. The molecule has 0 saturated carbocycles. The van der Waals surface area contributed by atoms with Crippen molar-refractivity contribution < 1.29 is 39.1 Å². The molecule has 1 aromatic rings. The number of thioether (sulfide) groups is 1. The number of allylic oxidation sites excluding steroid dienone is 3. The lowest BCUT2D eigenvalue weighted by molar-refractivity contribution is -0.304. The number of ether oxygens (including phenoxy) is 3. The number of hydrogen-bond donors (Lipinski definition) is 3. The Labute approximate surface area is 327 Å². The average molecular weight is 774 g/mol. The maximum absolute atomic E-state index is 13.7. The molecule has 0 aliphatic carbocycles. The molecule has 4 heterocycles. The first-order valence-corrected chi connectivity index (χ1v) is 21.0. The molecule has 2 fully saturated rings. The highest BCUT2D eigenvalue weighted by Gasteiger charge is 2.47. The van der Waals surface area contributed by atoms with Gasteiger partial charge in [0, 0.05) is 42.8 Å². The summed E-state index contributed by atoms with van der Waals surface area (Å²) in [6.45, 7) is 14.8. The van der Waals surface area contributed by atoms with Gasteiger partial charge in [0.25, 0.3) is 0 Å². The number of esters is 1. The van der Waals surface area contributed by atoms with Crippen LogP contribution in [0.2, 0.25) is 0 Å². The van der Waals surface area contributed by atoms with Gasteiger partial charge in [-0.3, -0.25) is 9.59 Å². The van der Waals surface area contributed by atoms with Crippen LogP contribution in [0.25, 0.3) is 0 Å². The molecule has 0 spiro atoms. The maximum atomic E-state index is 13.7. The van der Waals surface area contributed by atoms with E-state index in [9.17, 15) is 24.9 Å². The smallest absolute Gasteiger partial charge is 0.308 e. The van der Waals surface area contributed by atoms with Crippen LogP contribution in [0.4, 0.5) is 0 Å². The van der Waals surface area contributed by atoms with Crippen LogP contribution in [-0.2, 0) is 23.8 Å². The van der Waals surface area contributed by atoms with E-state index < -0.39 is 60.8 Å². The highest BCUT2D eigenvalue weighted by molar-refractivity contribution is 7.99. The van der Waals surface area contributed by atoms with Gasteiger partial charge in [-0.1, -0.05) is 58.9 Å². The lowest BCUT2D eigenvalue weighted by atomic mass is 9.79. The second-order valence-electron chi connectivity index (χ2n) is 16.5. The first kappa shape index (κ1) is 44.6. The van der Waals surface area contributed by atoms with E-state index in [2.05, 4.69) is 23.7 Å². The van der Waals surface area contributed by atoms with Crippen molar-refractivity contribution in [1.82, 2.24) is 14.8 Å². The maximum Gasteiger partial charge on any atom is 0.308 e. The minimum Gasteiger partial charge on any atom is -0.462 e. The van der Waals surface area contributed by atoms with E-state index in [0.717, 1.165) is 24.7 Å². The predicted octanol–water partition coefficient (Wildman–Crippen LogP) is 4.99. The number of piperidine rings is 1. The number of likely N-dealkylation sites (tertiary alicyclic amines) is 1. The van der Waals surface area contributed by atoms with Crippen LogP contribution in [0.15, 0.2) is 53.7 Å². The average Bonchev–Trinajstić information content (AvgIpc) is 3.12. The highest BCUT2D eigenvalue weighted by Crippen LogP contribution is 2.35. The Morgan fingerprint density at radius 2 is 1.72 bits per heavy atom. The third-order valence-electron chi connectivity index (χ3n) is 11.5. The van der Waals surface area contributed by atoms with Crippen LogP contribution in [-0.4, -0.2) is 130 Å². The summed E-state index contributed by atoms with van der Waals surface area (Å²) in [5.74, 6) is -0.126. The number of likely N-dealkylation sites (N-methyl/N-ethyl adjacent to an activating group) is 1. The Hall–Kier alpha value is -2.16.